The molecule has 0 unspecified atom stereocenters. The monoisotopic (exact) mass is 518 g/mol. The molecule has 2 heterocycles. The topological polar surface area (TPSA) is 66.9 Å². The Balaban J connectivity index is 1.40. The summed E-state index contributed by atoms with van der Waals surface area (Å²) in [5.74, 6) is 0.542. The van der Waals surface area contributed by atoms with E-state index in [1.807, 2.05) is 6.07 Å². The van der Waals surface area contributed by atoms with Crippen molar-refractivity contribution in [3.05, 3.63) is 68.5 Å². The van der Waals surface area contributed by atoms with Gasteiger partial charge in [-0.15, -0.1) is 0 Å². The third kappa shape index (κ3) is 5.95. The van der Waals surface area contributed by atoms with Crippen LogP contribution in [0.4, 0.5) is 4.79 Å². The molecule has 0 bridgehead atoms. The summed E-state index contributed by atoms with van der Waals surface area (Å²) in [6.45, 7) is 3.53. The maximum Gasteiger partial charge on any atom is 0.294 e. The molecule has 2 fully saturated rings. The molecule has 6 nitrogen and oxygen atoms in total. The van der Waals surface area contributed by atoms with Crippen LogP contribution in [-0.4, -0.2) is 46.5 Å². The summed E-state index contributed by atoms with van der Waals surface area (Å²) < 4.78 is 5.84. The van der Waals surface area contributed by atoms with Crippen LogP contribution in [0.1, 0.15) is 30.9 Å². The van der Waals surface area contributed by atoms with E-state index in [4.69, 9.17) is 27.9 Å². The fourth-order valence-corrected chi connectivity index (χ4v) is 5.08. The molecular formula is C25H24Cl2N2O4S. The Morgan fingerprint density at radius 2 is 1.91 bits per heavy atom. The van der Waals surface area contributed by atoms with E-state index in [0.717, 1.165) is 35.1 Å². The Kier molecular flexibility index (Phi) is 7.86. The van der Waals surface area contributed by atoms with Crippen LogP contribution in [0, 0.1) is 5.92 Å². The number of nitrogens with zero attached hydrogens (tertiary/aromatic N) is 2. The predicted octanol–water partition coefficient (Wildman–Crippen LogP) is 5.87. The second-order valence-corrected chi connectivity index (χ2v) is 10.3. The number of carbonyl (C=O) groups is 3. The Morgan fingerprint density at radius 3 is 2.65 bits per heavy atom. The molecule has 3 amide bonds. The first-order chi connectivity index (χ1) is 16.3. The van der Waals surface area contributed by atoms with E-state index in [1.54, 1.807) is 47.4 Å². The van der Waals surface area contributed by atoms with E-state index < -0.39 is 11.1 Å². The highest BCUT2D eigenvalue weighted by atomic mass is 35.5. The molecule has 0 atom stereocenters. The van der Waals surface area contributed by atoms with Crippen molar-refractivity contribution in [2.45, 2.75) is 26.4 Å². The SMILES string of the molecule is CC1CCN(C(=O)CN2C(=O)S/C(=C/c3cccc(OCc4ccc(Cl)cc4Cl)c3)C2=O)CC1. The standard InChI is InChI=1S/C25H24Cl2N2O4S/c1-16-7-9-28(10-8-16)23(30)14-29-24(31)22(34-25(29)32)12-17-3-2-4-20(11-17)33-15-18-5-6-19(26)13-21(18)27/h2-6,11-13,16H,7-10,14-15H2,1H3/b22-12+. The van der Waals surface area contributed by atoms with Gasteiger partial charge in [0.15, 0.2) is 0 Å². The second-order valence-electron chi connectivity index (χ2n) is 8.43. The lowest BCUT2D eigenvalue weighted by Gasteiger charge is -2.31. The van der Waals surface area contributed by atoms with Crippen molar-refractivity contribution >= 4 is 58.1 Å². The van der Waals surface area contributed by atoms with Gasteiger partial charge in [-0.3, -0.25) is 19.3 Å². The molecule has 2 aromatic rings. The molecule has 2 aliphatic heterocycles. The molecule has 9 heteroatoms. The van der Waals surface area contributed by atoms with Crippen LogP contribution in [0.25, 0.3) is 6.08 Å². The molecule has 2 aromatic carbocycles. The number of piperidine rings is 1. The van der Waals surface area contributed by atoms with Crippen molar-refractivity contribution in [1.82, 2.24) is 9.80 Å². The number of carbonyl (C=O) groups excluding carboxylic acids is 3. The van der Waals surface area contributed by atoms with Gasteiger partial charge in [0.25, 0.3) is 11.1 Å². The number of hydrogen-bond donors (Lipinski definition) is 0. The van der Waals surface area contributed by atoms with Gasteiger partial charge in [0.2, 0.25) is 5.91 Å². The van der Waals surface area contributed by atoms with Crippen LogP contribution >= 0.6 is 35.0 Å². The molecule has 4 rings (SSSR count). The normalized spacial score (nSPS) is 18.1. The number of rotatable bonds is 6. The second kappa shape index (κ2) is 10.8. The highest BCUT2D eigenvalue weighted by molar-refractivity contribution is 8.18. The lowest BCUT2D eigenvalue weighted by molar-refractivity contribution is -0.136. The minimum absolute atomic E-state index is 0.188. The zero-order chi connectivity index (χ0) is 24.2. The number of likely N-dealkylation sites (tertiary alicyclic amines) is 1. The Morgan fingerprint density at radius 1 is 1.15 bits per heavy atom. The van der Waals surface area contributed by atoms with Crippen LogP contribution in [0.15, 0.2) is 47.4 Å². The van der Waals surface area contributed by atoms with Crippen molar-refractivity contribution in [1.29, 1.82) is 0 Å². The summed E-state index contributed by atoms with van der Waals surface area (Å²) in [5.41, 5.74) is 1.51. The van der Waals surface area contributed by atoms with Crippen LogP contribution in [0.2, 0.25) is 10.0 Å². The predicted molar refractivity (Wildman–Crippen MR) is 135 cm³/mol. The first-order valence-electron chi connectivity index (χ1n) is 11.0. The number of thioether (sulfide) groups is 1. The van der Waals surface area contributed by atoms with Crippen molar-refractivity contribution in [3.63, 3.8) is 0 Å². The van der Waals surface area contributed by atoms with Crippen LogP contribution in [-0.2, 0) is 16.2 Å². The van der Waals surface area contributed by atoms with Gasteiger partial charge < -0.3 is 9.64 Å². The quantitative estimate of drug-likeness (QED) is 0.447. The van der Waals surface area contributed by atoms with Gasteiger partial charge in [-0.1, -0.05) is 48.3 Å². The molecule has 178 valence electrons. The fraction of sp³-hybridized carbons (Fsp3) is 0.320. The minimum atomic E-state index is -0.451. The number of benzene rings is 2. The van der Waals surface area contributed by atoms with Crippen LogP contribution < -0.4 is 4.74 Å². The fourth-order valence-electron chi connectivity index (χ4n) is 3.77. The zero-order valence-electron chi connectivity index (χ0n) is 18.6. The maximum absolute atomic E-state index is 12.8. The van der Waals surface area contributed by atoms with E-state index in [1.165, 1.54) is 0 Å². The molecule has 34 heavy (non-hydrogen) atoms. The van der Waals surface area contributed by atoms with E-state index in [0.29, 0.717) is 40.4 Å². The summed E-state index contributed by atoms with van der Waals surface area (Å²) in [6, 6.07) is 12.4. The summed E-state index contributed by atoms with van der Waals surface area (Å²) in [4.78, 5) is 40.9. The number of amides is 3. The lowest BCUT2D eigenvalue weighted by atomic mass is 9.99. The van der Waals surface area contributed by atoms with E-state index >= 15 is 0 Å². The van der Waals surface area contributed by atoms with Gasteiger partial charge in [0, 0.05) is 28.7 Å². The third-order valence-corrected chi connectivity index (χ3v) is 7.36. The number of imide groups is 1. The van der Waals surface area contributed by atoms with E-state index in [-0.39, 0.29) is 24.0 Å². The Hall–Kier alpha value is -2.48. The average molecular weight is 519 g/mol. The van der Waals surface area contributed by atoms with Gasteiger partial charge >= 0.3 is 0 Å². The molecule has 0 aliphatic carbocycles. The van der Waals surface area contributed by atoms with Gasteiger partial charge in [0.05, 0.1) is 4.91 Å². The number of hydrogen-bond acceptors (Lipinski definition) is 5. The van der Waals surface area contributed by atoms with Crippen LogP contribution in [0.3, 0.4) is 0 Å². The average Bonchev–Trinajstić information content (AvgIpc) is 3.06. The molecule has 0 radical (unpaired) electrons. The smallest absolute Gasteiger partial charge is 0.294 e. The molecular weight excluding hydrogens is 495 g/mol. The zero-order valence-corrected chi connectivity index (χ0v) is 21.0. The lowest BCUT2D eigenvalue weighted by Crippen LogP contribution is -2.45. The largest absolute Gasteiger partial charge is 0.489 e. The summed E-state index contributed by atoms with van der Waals surface area (Å²) in [7, 11) is 0. The van der Waals surface area contributed by atoms with E-state index in [2.05, 4.69) is 6.92 Å². The summed E-state index contributed by atoms with van der Waals surface area (Å²) in [6.07, 6.45) is 3.52. The summed E-state index contributed by atoms with van der Waals surface area (Å²) in [5, 5.41) is 0.641. The van der Waals surface area contributed by atoms with Gasteiger partial charge in [-0.25, -0.2) is 0 Å². The molecule has 0 spiro atoms. The van der Waals surface area contributed by atoms with Crippen LogP contribution in [0.5, 0.6) is 5.75 Å². The van der Waals surface area contributed by atoms with Gasteiger partial charge in [-0.05, 0) is 66.4 Å². The van der Waals surface area contributed by atoms with Crippen molar-refractivity contribution in [2.75, 3.05) is 19.6 Å². The highest BCUT2D eigenvalue weighted by Crippen LogP contribution is 2.33. The van der Waals surface area contributed by atoms with Gasteiger partial charge in [-0.2, -0.15) is 0 Å². The first kappa shape index (κ1) is 24.6. The van der Waals surface area contributed by atoms with Crippen molar-refractivity contribution in [3.8, 4) is 5.75 Å². The van der Waals surface area contributed by atoms with E-state index in [9.17, 15) is 14.4 Å². The molecule has 0 N–H and O–H groups in total. The Bertz CT molecular complexity index is 1150. The third-order valence-electron chi connectivity index (χ3n) is 5.87. The van der Waals surface area contributed by atoms with Crippen molar-refractivity contribution in [2.24, 2.45) is 5.92 Å². The highest BCUT2D eigenvalue weighted by Gasteiger charge is 2.37. The number of halogens is 2. The number of ether oxygens (including phenoxy) is 1. The Labute approximate surface area is 212 Å². The first-order valence-corrected chi connectivity index (χ1v) is 12.6. The molecule has 2 saturated heterocycles. The van der Waals surface area contributed by atoms with Crippen molar-refractivity contribution < 1.29 is 19.1 Å². The molecule has 2 aliphatic rings. The van der Waals surface area contributed by atoms with Gasteiger partial charge in [0.1, 0.15) is 18.9 Å². The molecule has 0 saturated carbocycles. The molecule has 0 aromatic heterocycles. The summed E-state index contributed by atoms with van der Waals surface area (Å²) >= 11 is 13.0. The minimum Gasteiger partial charge on any atom is -0.489 e. The maximum atomic E-state index is 12.8.